The van der Waals surface area contributed by atoms with Crippen molar-refractivity contribution in [3.63, 3.8) is 0 Å². The van der Waals surface area contributed by atoms with Gasteiger partial charge in [0, 0.05) is 18.8 Å². The summed E-state index contributed by atoms with van der Waals surface area (Å²) < 4.78 is 55.9. The number of ether oxygens (including phenoxy) is 1. The van der Waals surface area contributed by atoms with Crippen molar-refractivity contribution in [1.82, 2.24) is 9.71 Å². The van der Waals surface area contributed by atoms with E-state index in [1.165, 1.54) is 30.5 Å². The second kappa shape index (κ2) is 8.20. The third-order valence-corrected chi connectivity index (χ3v) is 4.72. The highest BCUT2D eigenvalue weighted by atomic mass is 35.5. The number of nitrogens with one attached hydrogen (secondary N) is 1. The molecule has 6 nitrogen and oxygen atoms in total. The van der Waals surface area contributed by atoms with E-state index in [0.717, 1.165) is 6.07 Å². The van der Waals surface area contributed by atoms with Gasteiger partial charge in [-0.15, -0.1) is 0 Å². The molecule has 0 aliphatic rings. The van der Waals surface area contributed by atoms with Crippen molar-refractivity contribution in [3.8, 4) is 11.9 Å². The number of halogens is 3. The Kier molecular flexibility index (Phi) is 6.25. The van der Waals surface area contributed by atoms with E-state index in [4.69, 9.17) is 21.6 Å². The van der Waals surface area contributed by atoms with E-state index in [1.54, 1.807) is 6.07 Å². The molecule has 10 heteroatoms. The van der Waals surface area contributed by atoms with Gasteiger partial charge in [-0.1, -0.05) is 11.6 Å². The van der Waals surface area contributed by atoms with Gasteiger partial charge in [0.2, 0.25) is 15.9 Å². The third-order valence-electron chi connectivity index (χ3n) is 2.99. The Balaban J connectivity index is 2.10. The number of rotatable bonds is 7. The highest BCUT2D eigenvalue weighted by molar-refractivity contribution is 7.89. The van der Waals surface area contributed by atoms with Crippen molar-refractivity contribution in [2.45, 2.75) is 17.9 Å². The molecule has 0 atom stereocenters. The largest absolute Gasteiger partial charge is 0.472 e. The average Bonchev–Trinajstić information content (AvgIpc) is 2.59. The van der Waals surface area contributed by atoms with Gasteiger partial charge in [0.15, 0.2) is 6.61 Å². The molecule has 0 unspecified atom stereocenters. The van der Waals surface area contributed by atoms with Crippen LogP contribution in [0.2, 0.25) is 5.02 Å². The quantitative estimate of drug-likeness (QED) is 0.788. The maximum Gasteiger partial charge on any atom is 0.272 e. The minimum Gasteiger partial charge on any atom is -0.472 e. The predicted octanol–water partition coefficient (Wildman–Crippen LogP) is 2.73. The first-order valence-corrected chi connectivity index (χ1v) is 8.73. The molecule has 25 heavy (non-hydrogen) atoms. The fourth-order valence-corrected chi connectivity index (χ4v) is 3.01. The molecule has 132 valence electrons. The van der Waals surface area contributed by atoms with E-state index in [2.05, 4.69) is 9.71 Å². The molecule has 0 saturated carbocycles. The number of alkyl halides is 2. The lowest BCUT2D eigenvalue weighted by molar-refractivity contribution is 0.0795. The molecule has 0 spiro atoms. The molecule has 2 rings (SSSR count). The van der Waals surface area contributed by atoms with Gasteiger partial charge in [-0.05, 0) is 29.8 Å². The Morgan fingerprint density at radius 3 is 2.76 bits per heavy atom. The minimum atomic E-state index is -3.89. The summed E-state index contributed by atoms with van der Waals surface area (Å²) >= 11 is 5.78. The highest BCUT2D eigenvalue weighted by Crippen LogP contribution is 2.20. The van der Waals surface area contributed by atoms with Crippen LogP contribution in [0, 0.1) is 11.3 Å². The first-order valence-electron chi connectivity index (χ1n) is 6.87. The summed E-state index contributed by atoms with van der Waals surface area (Å²) in [6.45, 7) is -0.912. The zero-order valence-corrected chi connectivity index (χ0v) is 14.2. The molecule has 2 aromatic rings. The lowest BCUT2D eigenvalue weighted by Gasteiger charge is -2.09. The maximum absolute atomic E-state index is 12.3. The predicted molar refractivity (Wildman–Crippen MR) is 85.9 cm³/mol. The summed E-state index contributed by atoms with van der Waals surface area (Å²) in [5.41, 5.74) is 0.508. The van der Waals surface area contributed by atoms with Crippen LogP contribution in [-0.4, -0.2) is 26.4 Å². The summed E-state index contributed by atoms with van der Waals surface area (Å²) in [5, 5.41) is 9.06. The van der Waals surface area contributed by atoms with E-state index in [-0.39, 0.29) is 27.9 Å². The molecule has 1 N–H and O–H groups in total. The molecular formula is C15H12ClF2N3O3S. The van der Waals surface area contributed by atoms with E-state index >= 15 is 0 Å². The minimum absolute atomic E-state index is 0.0322. The normalized spacial score (nSPS) is 11.3. The number of nitrogens with zero attached hydrogens (tertiary/aromatic N) is 2. The fraction of sp³-hybridized carbons (Fsp3) is 0.200. The average molecular weight is 388 g/mol. The van der Waals surface area contributed by atoms with Crippen LogP contribution in [0.3, 0.4) is 0 Å². The number of hydrogen-bond donors (Lipinski definition) is 1. The van der Waals surface area contributed by atoms with Gasteiger partial charge in [0.1, 0.15) is 6.07 Å². The van der Waals surface area contributed by atoms with Crippen molar-refractivity contribution in [1.29, 1.82) is 5.26 Å². The maximum atomic E-state index is 12.3. The number of benzene rings is 1. The molecule has 0 saturated heterocycles. The van der Waals surface area contributed by atoms with Crippen LogP contribution >= 0.6 is 11.6 Å². The summed E-state index contributed by atoms with van der Waals surface area (Å²) in [4.78, 5) is 3.65. The standard InChI is InChI=1S/C15H12ClF2N3O3S/c16-13-2-1-12(6-11(13)7-19)25(22,23)21-8-10-3-4-20-15(5-10)24-9-14(17)18/h1-6,14,21H,8-9H2. The highest BCUT2D eigenvalue weighted by Gasteiger charge is 2.16. The summed E-state index contributed by atoms with van der Waals surface area (Å²) in [6.07, 6.45) is -1.32. The van der Waals surface area contributed by atoms with Gasteiger partial charge in [-0.2, -0.15) is 5.26 Å². The van der Waals surface area contributed by atoms with Crippen molar-refractivity contribution >= 4 is 21.6 Å². The molecule has 0 amide bonds. The van der Waals surface area contributed by atoms with E-state index in [9.17, 15) is 17.2 Å². The van der Waals surface area contributed by atoms with Crippen LogP contribution in [0.5, 0.6) is 5.88 Å². The zero-order valence-electron chi connectivity index (χ0n) is 12.6. The Hall–Kier alpha value is -2.28. The number of pyridine rings is 1. The van der Waals surface area contributed by atoms with Crippen molar-refractivity contribution < 1.29 is 21.9 Å². The van der Waals surface area contributed by atoms with Crippen LogP contribution in [0.1, 0.15) is 11.1 Å². The first-order chi connectivity index (χ1) is 11.8. The SMILES string of the molecule is N#Cc1cc(S(=O)(=O)NCc2ccnc(OCC(F)F)c2)ccc1Cl. The van der Waals surface area contributed by atoms with Crippen LogP contribution in [-0.2, 0) is 16.6 Å². The Bertz CT molecular complexity index is 901. The molecule has 0 bridgehead atoms. The number of nitriles is 1. The lowest BCUT2D eigenvalue weighted by Crippen LogP contribution is -2.23. The monoisotopic (exact) mass is 387 g/mol. The zero-order chi connectivity index (χ0) is 18.4. The van der Waals surface area contributed by atoms with Crippen molar-refractivity contribution in [2.24, 2.45) is 0 Å². The Labute approximate surface area is 148 Å². The molecule has 0 aliphatic carbocycles. The van der Waals surface area contributed by atoms with Crippen LogP contribution < -0.4 is 9.46 Å². The van der Waals surface area contributed by atoms with E-state index in [0.29, 0.717) is 5.56 Å². The van der Waals surface area contributed by atoms with Gasteiger partial charge in [0.05, 0.1) is 15.5 Å². The fourth-order valence-electron chi connectivity index (χ4n) is 1.81. The molecular weight excluding hydrogens is 376 g/mol. The first kappa shape index (κ1) is 19.1. The van der Waals surface area contributed by atoms with Gasteiger partial charge in [-0.25, -0.2) is 26.9 Å². The Morgan fingerprint density at radius 1 is 1.32 bits per heavy atom. The van der Waals surface area contributed by atoms with Crippen LogP contribution in [0.4, 0.5) is 8.78 Å². The van der Waals surface area contributed by atoms with Crippen LogP contribution in [0.15, 0.2) is 41.4 Å². The number of aromatic nitrogens is 1. The van der Waals surface area contributed by atoms with Crippen LogP contribution in [0.25, 0.3) is 0 Å². The Morgan fingerprint density at radius 2 is 2.08 bits per heavy atom. The molecule has 1 aromatic carbocycles. The molecule has 0 fully saturated rings. The van der Waals surface area contributed by atoms with E-state index in [1.807, 2.05) is 0 Å². The van der Waals surface area contributed by atoms with E-state index < -0.39 is 23.1 Å². The second-order valence-electron chi connectivity index (χ2n) is 4.78. The number of sulfonamides is 1. The van der Waals surface area contributed by atoms with Gasteiger partial charge in [-0.3, -0.25) is 0 Å². The van der Waals surface area contributed by atoms with Crippen molar-refractivity contribution in [2.75, 3.05) is 6.61 Å². The van der Waals surface area contributed by atoms with Crippen molar-refractivity contribution in [3.05, 3.63) is 52.7 Å². The summed E-state index contributed by atoms with van der Waals surface area (Å²) in [5.74, 6) is -0.0322. The summed E-state index contributed by atoms with van der Waals surface area (Å²) in [6, 6.07) is 8.42. The molecule has 0 radical (unpaired) electrons. The lowest BCUT2D eigenvalue weighted by atomic mass is 10.2. The van der Waals surface area contributed by atoms with Gasteiger partial charge in [0.25, 0.3) is 6.43 Å². The summed E-state index contributed by atoms with van der Waals surface area (Å²) in [7, 11) is -3.89. The molecule has 1 heterocycles. The smallest absolute Gasteiger partial charge is 0.272 e. The van der Waals surface area contributed by atoms with Gasteiger partial charge >= 0.3 is 0 Å². The molecule has 0 aliphatic heterocycles. The number of hydrogen-bond acceptors (Lipinski definition) is 5. The van der Waals surface area contributed by atoms with Gasteiger partial charge < -0.3 is 4.74 Å². The third kappa shape index (κ3) is 5.35. The molecule has 1 aromatic heterocycles. The topological polar surface area (TPSA) is 92.1 Å². The second-order valence-corrected chi connectivity index (χ2v) is 6.96.